The average molecular weight is 418 g/mol. The van der Waals surface area contributed by atoms with Gasteiger partial charge >= 0.3 is 0 Å². The van der Waals surface area contributed by atoms with Crippen LogP contribution in [0.4, 0.5) is 0 Å². The third-order valence-electron chi connectivity index (χ3n) is 5.75. The first kappa shape index (κ1) is 19.3. The van der Waals surface area contributed by atoms with E-state index in [0.29, 0.717) is 47.1 Å². The summed E-state index contributed by atoms with van der Waals surface area (Å²) in [7, 11) is 0. The molecule has 2 aromatic heterocycles. The lowest BCUT2D eigenvalue weighted by Crippen LogP contribution is -2.51. The maximum Gasteiger partial charge on any atom is 0.255 e. The molecule has 0 spiro atoms. The van der Waals surface area contributed by atoms with Crippen LogP contribution >= 0.6 is 0 Å². The smallest absolute Gasteiger partial charge is 0.255 e. The summed E-state index contributed by atoms with van der Waals surface area (Å²) >= 11 is 0. The van der Waals surface area contributed by atoms with Crippen molar-refractivity contribution in [2.45, 2.75) is 56.7 Å². The maximum absolute atomic E-state index is 13.0. The summed E-state index contributed by atoms with van der Waals surface area (Å²) in [4.78, 5) is 30.4. The minimum absolute atomic E-state index is 0.0730. The molecule has 2 aliphatic rings. The van der Waals surface area contributed by atoms with Gasteiger partial charge in [0.25, 0.3) is 5.91 Å². The molecule has 158 valence electrons. The zero-order valence-electron chi connectivity index (χ0n) is 17.1. The van der Waals surface area contributed by atoms with Crippen molar-refractivity contribution < 1.29 is 14.0 Å². The van der Waals surface area contributed by atoms with E-state index in [4.69, 9.17) is 4.42 Å². The Hall–Kier alpha value is -3.67. The lowest BCUT2D eigenvalue weighted by atomic mass is 10.1. The quantitative estimate of drug-likeness (QED) is 0.606. The number of carbonyl (C=O) groups is 2. The van der Waals surface area contributed by atoms with Crippen molar-refractivity contribution in [3.63, 3.8) is 0 Å². The lowest BCUT2D eigenvalue weighted by Gasteiger charge is -2.19. The predicted molar refractivity (Wildman–Crippen MR) is 110 cm³/mol. The number of hydrogen-bond donors (Lipinski definition) is 2. The average Bonchev–Trinajstić information content (AvgIpc) is 3.67. The summed E-state index contributed by atoms with van der Waals surface area (Å²) in [6, 6.07) is 8.87. The van der Waals surface area contributed by atoms with Gasteiger partial charge < -0.3 is 15.1 Å². The number of aromatic nitrogens is 3. The van der Waals surface area contributed by atoms with Crippen LogP contribution < -0.4 is 10.6 Å². The molecule has 0 bridgehead atoms. The highest BCUT2D eigenvalue weighted by Gasteiger charge is 2.46. The standard InChI is InChI=1S/C22H22N6O3/c1-13-15(11-28(27-13)14-6-7-14)20(29)25-17(21(30)26-22(12-23)8-9-22)10-19-24-16-4-2-3-5-18(16)31-19/h2-5,11,14,17H,6-10H2,1H3,(H,25,29)(H,26,30)/t17-/m0/s1. The number of amides is 2. The molecule has 1 aromatic carbocycles. The first-order valence-corrected chi connectivity index (χ1v) is 10.4. The van der Waals surface area contributed by atoms with Crippen LogP contribution in [0.25, 0.3) is 11.1 Å². The molecule has 31 heavy (non-hydrogen) atoms. The molecule has 2 fully saturated rings. The first-order valence-electron chi connectivity index (χ1n) is 10.4. The summed E-state index contributed by atoms with van der Waals surface area (Å²) < 4.78 is 7.57. The highest BCUT2D eigenvalue weighted by Crippen LogP contribution is 2.35. The Kier molecular flexibility index (Phi) is 4.50. The van der Waals surface area contributed by atoms with E-state index in [0.717, 1.165) is 12.8 Å². The number of nitrogens with zero attached hydrogens (tertiary/aromatic N) is 4. The van der Waals surface area contributed by atoms with E-state index >= 15 is 0 Å². The second-order valence-electron chi connectivity index (χ2n) is 8.33. The highest BCUT2D eigenvalue weighted by molar-refractivity contribution is 5.98. The predicted octanol–water partition coefficient (Wildman–Crippen LogP) is 2.18. The molecule has 0 aliphatic heterocycles. The topological polar surface area (TPSA) is 126 Å². The molecule has 3 aromatic rings. The number of rotatable bonds is 7. The van der Waals surface area contributed by atoms with Crippen LogP contribution in [0.5, 0.6) is 0 Å². The zero-order valence-corrected chi connectivity index (χ0v) is 17.1. The van der Waals surface area contributed by atoms with E-state index in [9.17, 15) is 14.9 Å². The molecule has 2 N–H and O–H groups in total. The molecular formula is C22H22N6O3. The second kappa shape index (κ2) is 7.23. The summed E-state index contributed by atoms with van der Waals surface area (Å²) in [5.74, 6) is -0.474. The number of nitriles is 1. The normalized spacial score (nSPS) is 17.7. The maximum atomic E-state index is 13.0. The van der Waals surface area contributed by atoms with Gasteiger partial charge in [-0.3, -0.25) is 14.3 Å². The van der Waals surface area contributed by atoms with Crippen LogP contribution in [0, 0.1) is 18.3 Å². The monoisotopic (exact) mass is 418 g/mol. The van der Waals surface area contributed by atoms with Crippen LogP contribution in [0.3, 0.4) is 0 Å². The van der Waals surface area contributed by atoms with Gasteiger partial charge in [0, 0.05) is 6.20 Å². The van der Waals surface area contributed by atoms with Gasteiger partial charge in [-0.05, 0) is 44.7 Å². The molecule has 1 atom stereocenters. The van der Waals surface area contributed by atoms with Gasteiger partial charge in [-0.2, -0.15) is 10.4 Å². The number of carbonyl (C=O) groups excluding carboxylic acids is 2. The van der Waals surface area contributed by atoms with Crippen LogP contribution in [-0.4, -0.2) is 38.2 Å². The fourth-order valence-corrected chi connectivity index (χ4v) is 3.57. The number of fused-ring (bicyclic) bond motifs is 1. The van der Waals surface area contributed by atoms with Crippen molar-refractivity contribution in [1.29, 1.82) is 5.26 Å². The Morgan fingerprint density at radius 1 is 1.35 bits per heavy atom. The van der Waals surface area contributed by atoms with Gasteiger partial charge in [0.15, 0.2) is 11.5 Å². The van der Waals surface area contributed by atoms with Crippen LogP contribution in [0.1, 0.15) is 53.7 Å². The summed E-state index contributed by atoms with van der Waals surface area (Å²) in [6.45, 7) is 1.78. The van der Waals surface area contributed by atoms with Crippen molar-refractivity contribution in [1.82, 2.24) is 25.4 Å². The van der Waals surface area contributed by atoms with E-state index < -0.39 is 17.5 Å². The Balaban J connectivity index is 1.38. The van der Waals surface area contributed by atoms with Gasteiger partial charge in [-0.25, -0.2) is 4.98 Å². The van der Waals surface area contributed by atoms with E-state index in [1.807, 2.05) is 22.9 Å². The Morgan fingerprint density at radius 2 is 2.13 bits per heavy atom. The summed E-state index contributed by atoms with van der Waals surface area (Å²) in [5, 5.41) is 19.3. The molecule has 0 radical (unpaired) electrons. The number of hydrogen-bond acceptors (Lipinski definition) is 6. The molecule has 0 saturated heterocycles. The fraction of sp³-hybridized carbons (Fsp3) is 0.409. The molecule has 2 heterocycles. The van der Waals surface area contributed by atoms with Gasteiger partial charge in [0.2, 0.25) is 5.91 Å². The van der Waals surface area contributed by atoms with Crippen molar-refractivity contribution in [2.24, 2.45) is 0 Å². The minimum Gasteiger partial charge on any atom is -0.441 e. The van der Waals surface area contributed by atoms with Crippen molar-refractivity contribution in [3.05, 3.63) is 47.6 Å². The van der Waals surface area contributed by atoms with Gasteiger partial charge in [0.1, 0.15) is 17.1 Å². The minimum atomic E-state index is -0.935. The van der Waals surface area contributed by atoms with E-state index in [-0.39, 0.29) is 12.3 Å². The molecule has 9 heteroatoms. The number of oxazole rings is 1. The van der Waals surface area contributed by atoms with Crippen LogP contribution in [-0.2, 0) is 11.2 Å². The lowest BCUT2D eigenvalue weighted by molar-refractivity contribution is -0.123. The molecule has 0 unspecified atom stereocenters. The second-order valence-corrected chi connectivity index (χ2v) is 8.33. The Bertz CT molecular complexity index is 1180. The number of benzene rings is 1. The van der Waals surface area contributed by atoms with E-state index in [2.05, 4.69) is 26.8 Å². The number of aryl methyl sites for hydroxylation is 1. The molecule has 2 amide bonds. The third kappa shape index (κ3) is 3.89. The molecule has 2 saturated carbocycles. The van der Waals surface area contributed by atoms with Crippen molar-refractivity contribution in [2.75, 3.05) is 0 Å². The Morgan fingerprint density at radius 3 is 2.81 bits per heavy atom. The largest absolute Gasteiger partial charge is 0.441 e. The SMILES string of the molecule is Cc1nn(C2CC2)cc1C(=O)N[C@@H](Cc1nc2ccccc2o1)C(=O)NC1(C#N)CC1. The molecule has 2 aliphatic carbocycles. The Labute approximate surface area is 178 Å². The van der Waals surface area contributed by atoms with Crippen LogP contribution in [0.15, 0.2) is 34.9 Å². The summed E-state index contributed by atoms with van der Waals surface area (Å²) in [5.41, 5.74) is 1.50. The van der Waals surface area contributed by atoms with Gasteiger partial charge in [-0.15, -0.1) is 0 Å². The van der Waals surface area contributed by atoms with E-state index in [1.165, 1.54) is 0 Å². The highest BCUT2D eigenvalue weighted by atomic mass is 16.3. The zero-order chi connectivity index (χ0) is 21.6. The third-order valence-corrected chi connectivity index (χ3v) is 5.75. The van der Waals surface area contributed by atoms with Gasteiger partial charge in [-0.1, -0.05) is 12.1 Å². The molecular weight excluding hydrogens is 396 g/mol. The first-order chi connectivity index (χ1) is 15.0. The van der Waals surface area contributed by atoms with Crippen molar-refractivity contribution >= 4 is 22.9 Å². The fourth-order valence-electron chi connectivity index (χ4n) is 3.57. The van der Waals surface area contributed by atoms with Crippen molar-refractivity contribution in [3.8, 4) is 6.07 Å². The van der Waals surface area contributed by atoms with Gasteiger partial charge in [0.05, 0.1) is 29.8 Å². The molecule has 9 nitrogen and oxygen atoms in total. The number of para-hydroxylation sites is 2. The number of nitrogens with one attached hydrogen (secondary N) is 2. The van der Waals surface area contributed by atoms with E-state index in [1.54, 1.807) is 19.2 Å². The summed E-state index contributed by atoms with van der Waals surface area (Å²) in [6.07, 6.45) is 5.12. The molecule has 5 rings (SSSR count). The van der Waals surface area contributed by atoms with Crippen LogP contribution in [0.2, 0.25) is 0 Å².